The first-order valence-electron chi connectivity index (χ1n) is 4.82. The SMILES string of the molecule is C=C.CC.CC#Cc1ccc(C)cc1. The van der Waals surface area contributed by atoms with Crippen LogP contribution in [0.2, 0.25) is 0 Å². The Morgan fingerprint density at radius 2 is 1.43 bits per heavy atom. The summed E-state index contributed by atoms with van der Waals surface area (Å²) in [6.07, 6.45) is 0. The molecule has 14 heavy (non-hydrogen) atoms. The smallest absolute Gasteiger partial charge is 0.0245 e. The second-order valence-corrected chi connectivity index (χ2v) is 2.24. The van der Waals surface area contributed by atoms with Gasteiger partial charge in [0.15, 0.2) is 0 Å². The molecule has 0 radical (unpaired) electrons. The third kappa shape index (κ3) is 7.18. The predicted molar refractivity (Wildman–Crippen MR) is 66.3 cm³/mol. The molecule has 1 rings (SSSR count). The van der Waals surface area contributed by atoms with Gasteiger partial charge in [-0.05, 0) is 26.0 Å². The molecule has 0 fully saturated rings. The molecular weight excluding hydrogens is 168 g/mol. The maximum absolute atomic E-state index is 3.00. The Balaban J connectivity index is 0. The van der Waals surface area contributed by atoms with E-state index in [2.05, 4.69) is 44.1 Å². The number of aryl methyl sites for hydroxylation is 1. The van der Waals surface area contributed by atoms with Crippen molar-refractivity contribution in [3.63, 3.8) is 0 Å². The number of hydrogen-bond acceptors (Lipinski definition) is 0. The molecule has 1 aromatic carbocycles. The molecular formula is C14H20. The highest BCUT2D eigenvalue weighted by Crippen LogP contribution is 2.00. The fraction of sp³-hybridized carbons (Fsp3) is 0.286. The van der Waals surface area contributed by atoms with E-state index in [0.717, 1.165) is 5.56 Å². The van der Waals surface area contributed by atoms with Crippen molar-refractivity contribution in [3.05, 3.63) is 48.6 Å². The number of rotatable bonds is 0. The van der Waals surface area contributed by atoms with Crippen LogP contribution in [0, 0.1) is 18.8 Å². The molecule has 0 aromatic heterocycles. The fourth-order valence-electron chi connectivity index (χ4n) is 0.781. The van der Waals surface area contributed by atoms with Crippen molar-refractivity contribution >= 4 is 0 Å². The summed E-state index contributed by atoms with van der Waals surface area (Å²) in [5.41, 5.74) is 2.37. The average Bonchev–Trinajstić information content (AvgIpc) is 2.28. The molecule has 0 saturated heterocycles. The van der Waals surface area contributed by atoms with E-state index in [-0.39, 0.29) is 0 Å². The van der Waals surface area contributed by atoms with Gasteiger partial charge < -0.3 is 0 Å². The Bertz CT molecular complexity index is 269. The van der Waals surface area contributed by atoms with Gasteiger partial charge in [0.05, 0.1) is 0 Å². The van der Waals surface area contributed by atoms with Gasteiger partial charge in [0, 0.05) is 5.56 Å². The summed E-state index contributed by atoms with van der Waals surface area (Å²) in [6.45, 7) is 13.9. The first kappa shape index (κ1) is 15.0. The van der Waals surface area contributed by atoms with Crippen LogP contribution in [0.4, 0.5) is 0 Å². The second kappa shape index (κ2) is 11.5. The minimum absolute atomic E-state index is 1.09. The van der Waals surface area contributed by atoms with Crippen LogP contribution in [-0.2, 0) is 0 Å². The van der Waals surface area contributed by atoms with Crippen molar-refractivity contribution in [1.29, 1.82) is 0 Å². The molecule has 0 spiro atoms. The second-order valence-electron chi connectivity index (χ2n) is 2.24. The molecule has 0 nitrogen and oxygen atoms in total. The lowest BCUT2D eigenvalue weighted by atomic mass is 10.2. The normalized spacial score (nSPS) is 6.57. The lowest BCUT2D eigenvalue weighted by Gasteiger charge is -1.90. The quantitative estimate of drug-likeness (QED) is 0.423. The van der Waals surface area contributed by atoms with E-state index >= 15 is 0 Å². The summed E-state index contributed by atoms with van der Waals surface area (Å²) in [5, 5.41) is 0. The summed E-state index contributed by atoms with van der Waals surface area (Å²) in [5.74, 6) is 5.84. The van der Waals surface area contributed by atoms with Gasteiger partial charge in [0.2, 0.25) is 0 Å². The van der Waals surface area contributed by atoms with Crippen molar-refractivity contribution in [1.82, 2.24) is 0 Å². The largest absolute Gasteiger partial charge is 0.106 e. The summed E-state index contributed by atoms with van der Waals surface area (Å²) >= 11 is 0. The predicted octanol–water partition coefficient (Wildman–Crippen LogP) is 4.19. The van der Waals surface area contributed by atoms with Gasteiger partial charge in [0.25, 0.3) is 0 Å². The molecule has 0 heteroatoms. The third-order valence-electron chi connectivity index (χ3n) is 1.32. The number of hydrogen-bond donors (Lipinski definition) is 0. The highest BCUT2D eigenvalue weighted by atomic mass is 13.9. The summed E-state index contributed by atoms with van der Waals surface area (Å²) in [7, 11) is 0. The minimum atomic E-state index is 1.09. The standard InChI is InChI=1S/C10H10.C2H6.C2H4/c1-3-4-10-7-5-9(2)6-8-10;2*1-2/h5-8H,1-2H3;1-2H3;1-2H2. The number of benzene rings is 1. The monoisotopic (exact) mass is 188 g/mol. The van der Waals surface area contributed by atoms with Crippen molar-refractivity contribution in [2.24, 2.45) is 0 Å². The van der Waals surface area contributed by atoms with Crippen LogP contribution in [0.25, 0.3) is 0 Å². The van der Waals surface area contributed by atoms with Crippen LogP contribution in [0.1, 0.15) is 31.9 Å². The van der Waals surface area contributed by atoms with Crippen molar-refractivity contribution in [2.75, 3.05) is 0 Å². The molecule has 1 aromatic rings. The maximum atomic E-state index is 3.00. The van der Waals surface area contributed by atoms with Crippen LogP contribution in [0.15, 0.2) is 37.4 Å². The maximum Gasteiger partial charge on any atom is 0.0245 e. The van der Waals surface area contributed by atoms with Crippen LogP contribution in [-0.4, -0.2) is 0 Å². The van der Waals surface area contributed by atoms with Crippen LogP contribution in [0.3, 0.4) is 0 Å². The van der Waals surface area contributed by atoms with Crippen molar-refractivity contribution in [2.45, 2.75) is 27.7 Å². The molecule has 0 aliphatic rings. The molecule has 0 N–H and O–H groups in total. The van der Waals surface area contributed by atoms with Gasteiger partial charge in [-0.2, -0.15) is 0 Å². The summed E-state index contributed by atoms with van der Waals surface area (Å²) in [6, 6.07) is 8.21. The third-order valence-corrected chi connectivity index (χ3v) is 1.32. The van der Waals surface area contributed by atoms with E-state index < -0.39 is 0 Å². The molecule has 0 unspecified atom stereocenters. The van der Waals surface area contributed by atoms with Gasteiger partial charge in [-0.25, -0.2) is 0 Å². The van der Waals surface area contributed by atoms with Crippen LogP contribution >= 0.6 is 0 Å². The van der Waals surface area contributed by atoms with E-state index in [9.17, 15) is 0 Å². The summed E-state index contributed by atoms with van der Waals surface area (Å²) in [4.78, 5) is 0. The highest BCUT2D eigenvalue weighted by Gasteiger charge is 1.83. The minimum Gasteiger partial charge on any atom is -0.106 e. The molecule has 0 heterocycles. The van der Waals surface area contributed by atoms with Gasteiger partial charge in [-0.15, -0.1) is 19.1 Å². The van der Waals surface area contributed by atoms with Crippen molar-refractivity contribution < 1.29 is 0 Å². The fourth-order valence-corrected chi connectivity index (χ4v) is 0.781. The van der Waals surface area contributed by atoms with E-state index in [1.807, 2.05) is 32.9 Å². The molecule has 76 valence electrons. The Morgan fingerprint density at radius 3 is 1.79 bits per heavy atom. The molecule has 0 atom stereocenters. The van der Waals surface area contributed by atoms with Gasteiger partial charge in [-0.3, -0.25) is 0 Å². The van der Waals surface area contributed by atoms with Crippen LogP contribution in [0.5, 0.6) is 0 Å². The molecule has 0 aliphatic carbocycles. The lowest BCUT2D eigenvalue weighted by molar-refractivity contribution is 1.46. The Morgan fingerprint density at radius 1 is 1.00 bits per heavy atom. The Hall–Kier alpha value is -1.48. The van der Waals surface area contributed by atoms with Crippen molar-refractivity contribution in [3.8, 4) is 11.8 Å². The summed E-state index contributed by atoms with van der Waals surface area (Å²) < 4.78 is 0. The molecule has 0 saturated carbocycles. The zero-order valence-electron chi connectivity index (χ0n) is 9.72. The Labute approximate surface area is 88.7 Å². The molecule has 0 amide bonds. The molecule has 0 aliphatic heterocycles. The van der Waals surface area contributed by atoms with E-state index in [4.69, 9.17) is 0 Å². The molecule has 0 bridgehead atoms. The topological polar surface area (TPSA) is 0 Å². The van der Waals surface area contributed by atoms with Gasteiger partial charge >= 0.3 is 0 Å². The zero-order valence-corrected chi connectivity index (χ0v) is 9.72. The van der Waals surface area contributed by atoms with E-state index in [0.29, 0.717) is 0 Å². The van der Waals surface area contributed by atoms with Crippen LogP contribution < -0.4 is 0 Å². The lowest BCUT2D eigenvalue weighted by Crippen LogP contribution is -1.73. The van der Waals surface area contributed by atoms with E-state index in [1.54, 1.807) is 0 Å². The van der Waals surface area contributed by atoms with E-state index in [1.165, 1.54) is 5.56 Å². The van der Waals surface area contributed by atoms with Gasteiger partial charge in [0.1, 0.15) is 0 Å². The first-order chi connectivity index (χ1) is 6.83. The average molecular weight is 188 g/mol. The first-order valence-corrected chi connectivity index (χ1v) is 4.82. The Kier molecular flexibility index (Phi) is 12.4. The van der Waals surface area contributed by atoms with Gasteiger partial charge in [-0.1, -0.05) is 37.5 Å². The zero-order chi connectivity index (χ0) is 11.4. The highest BCUT2D eigenvalue weighted by molar-refractivity contribution is 5.35.